The Kier molecular flexibility index (Phi) is 3.88. The first-order valence-electron chi connectivity index (χ1n) is 5.08. The molecule has 0 saturated heterocycles. The van der Waals surface area contributed by atoms with Crippen molar-refractivity contribution in [2.75, 3.05) is 0 Å². The molecule has 0 aliphatic rings. The highest BCUT2D eigenvalue weighted by molar-refractivity contribution is 9.10. The van der Waals surface area contributed by atoms with Gasteiger partial charge in [-0.25, -0.2) is 9.82 Å². The van der Waals surface area contributed by atoms with E-state index in [4.69, 9.17) is 0 Å². The van der Waals surface area contributed by atoms with Gasteiger partial charge in [-0.15, -0.1) is 0 Å². The molecule has 1 amide bonds. The number of nitrogens with zero attached hydrogens (tertiary/aromatic N) is 1. The lowest BCUT2D eigenvalue weighted by Crippen LogP contribution is -2.17. The Bertz CT molecular complexity index is 581. The molecular formula is C12H9BrFN3O. The number of aromatic nitrogens is 1. The quantitative estimate of drug-likeness (QED) is 0.664. The molecule has 0 saturated carbocycles. The van der Waals surface area contributed by atoms with E-state index in [-0.39, 0.29) is 5.91 Å². The van der Waals surface area contributed by atoms with E-state index in [1.54, 1.807) is 30.5 Å². The van der Waals surface area contributed by atoms with Crippen molar-refractivity contribution in [1.82, 2.24) is 10.4 Å². The number of halogens is 2. The van der Waals surface area contributed by atoms with Gasteiger partial charge in [0, 0.05) is 16.2 Å². The molecule has 1 aromatic heterocycles. The average molecular weight is 310 g/mol. The Morgan fingerprint density at radius 2 is 2.28 bits per heavy atom. The highest BCUT2D eigenvalue weighted by atomic mass is 79.9. The zero-order valence-corrected chi connectivity index (χ0v) is 10.7. The first-order valence-corrected chi connectivity index (χ1v) is 5.88. The van der Waals surface area contributed by atoms with Crippen molar-refractivity contribution < 1.29 is 9.18 Å². The van der Waals surface area contributed by atoms with Crippen molar-refractivity contribution in [3.05, 3.63) is 58.1 Å². The van der Waals surface area contributed by atoms with E-state index in [9.17, 15) is 9.18 Å². The van der Waals surface area contributed by atoms with Crippen LogP contribution in [-0.4, -0.2) is 17.1 Å². The van der Waals surface area contributed by atoms with Crippen LogP contribution in [0.1, 0.15) is 16.1 Å². The fourth-order valence-electron chi connectivity index (χ4n) is 1.30. The molecule has 92 valence electrons. The summed E-state index contributed by atoms with van der Waals surface area (Å²) in [5.41, 5.74) is 2.98. The van der Waals surface area contributed by atoms with Gasteiger partial charge in [0.2, 0.25) is 0 Å². The Hall–Kier alpha value is -1.95. The van der Waals surface area contributed by atoms with E-state index < -0.39 is 5.82 Å². The third-order valence-electron chi connectivity index (χ3n) is 2.17. The van der Waals surface area contributed by atoms with E-state index in [2.05, 4.69) is 31.4 Å². The predicted molar refractivity (Wildman–Crippen MR) is 70.0 cm³/mol. The Morgan fingerprint density at radius 1 is 1.44 bits per heavy atom. The van der Waals surface area contributed by atoms with Crippen LogP contribution in [0.2, 0.25) is 0 Å². The number of hydrazone groups is 1. The summed E-state index contributed by atoms with van der Waals surface area (Å²) < 4.78 is 14.1. The van der Waals surface area contributed by atoms with Gasteiger partial charge in [-0.3, -0.25) is 4.79 Å². The van der Waals surface area contributed by atoms with Crippen LogP contribution in [-0.2, 0) is 0 Å². The lowest BCUT2D eigenvalue weighted by molar-refractivity contribution is 0.0951. The molecule has 0 unspecified atom stereocenters. The fourth-order valence-corrected chi connectivity index (χ4v) is 1.63. The first-order chi connectivity index (χ1) is 8.66. The number of hydrogen-bond acceptors (Lipinski definition) is 2. The van der Waals surface area contributed by atoms with Crippen LogP contribution in [0.5, 0.6) is 0 Å². The van der Waals surface area contributed by atoms with Gasteiger partial charge >= 0.3 is 0 Å². The number of amides is 1. The number of carbonyl (C=O) groups is 1. The van der Waals surface area contributed by atoms with Crippen molar-refractivity contribution in [3.8, 4) is 0 Å². The van der Waals surface area contributed by atoms with Gasteiger partial charge in [-0.1, -0.05) is 15.9 Å². The van der Waals surface area contributed by atoms with Crippen LogP contribution < -0.4 is 5.43 Å². The molecule has 0 radical (unpaired) electrons. The van der Waals surface area contributed by atoms with E-state index in [1.165, 1.54) is 12.3 Å². The summed E-state index contributed by atoms with van der Waals surface area (Å²) in [7, 11) is 0. The molecule has 1 aromatic carbocycles. The van der Waals surface area contributed by atoms with Crippen LogP contribution in [0.3, 0.4) is 0 Å². The third kappa shape index (κ3) is 3.04. The molecular weight excluding hydrogens is 301 g/mol. The molecule has 1 heterocycles. The molecule has 6 heteroatoms. The van der Waals surface area contributed by atoms with Crippen LogP contribution in [0.25, 0.3) is 0 Å². The summed E-state index contributed by atoms with van der Waals surface area (Å²) in [6.45, 7) is 0. The van der Waals surface area contributed by atoms with E-state index in [1.807, 2.05) is 0 Å². The van der Waals surface area contributed by atoms with Gasteiger partial charge in [0.25, 0.3) is 5.91 Å². The number of benzene rings is 1. The van der Waals surface area contributed by atoms with E-state index in [0.29, 0.717) is 15.7 Å². The maximum absolute atomic E-state index is 13.4. The Labute approximate surface area is 111 Å². The van der Waals surface area contributed by atoms with Crippen molar-refractivity contribution in [2.45, 2.75) is 0 Å². The largest absolute Gasteiger partial charge is 0.357 e. The highest BCUT2D eigenvalue weighted by Crippen LogP contribution is 2.13. The smallest absolute Gasteiger partial charge is 0.287 e. The van der Waals surface area contributed by atoms with Gasteiger partial charge in [-0.05, 0) is 30.3 Å². The van der Waals surface area contributed by atoms with Gasteiger partial charge in [-0.2, -0.15) is 5.10 Å². The number of aromatic amines is 1. The number of nitrogens with one attached hydrogen (secondary N) is 2. The molecule has 0 bridgehead atoms. The normalized spacial score (nSPS) is 10.8. The molecule has 0 aliphatic carbocycles. The molecule has 18 heavy (non-hydrogen) atoms. The second-order valence-corrected chi connectivity index (χ2v) is 4.36. The molecule has 0 spiro atoms. The second kappa shape index (κ2) is 5.59. The lowest BCUT2D eigenvalue weighted by Gasteiger charge is -1.98. The minimum absolute atomic E-state index is 0.296. The van der Waals surface area contributed by atoms with Crippen LogP contribution in [0.4, 0.5) is 4.39 Å². The Balaban J connectivity index is 2.01. The molecule has 2 rings (SSSR count). The second-order valence-electron chi connectivity index (χ2n) is 3.45. The van der Waals surface area contributed by atoms with Gasteiger partial charge in [0.05, 0.1) is 6.21 Å². The topological polar surface area (TPSA) is 57.2 Å². The number of H-pyrrole nitrogens is 1. The van der Waals surface area contributed by atoms with Crippen molar-refractivity contribution in [3.63, 3.8) is 0 Å². The standard InChI is InChI=1S/C12H9BrFN3O/c13-9-4-3-8(10(14)6-9)7-16-17-12(18)11-2-1-5-15-11/h1-7,15H,(H,17,18)/b16-7-. The van der Waals surface area contributed by atoms with Gasteiger partial charge in [0.15, 0.2) is 0 Å². The lowest BCUT2D eigenvalue weighted by atomic mass is 10.2. The Morgan fingerprint density at radius 3 is 2.94 bits per heavy atom. The molecule has 0 atom stereocenters. The van der Waals surface area contributed by atoms with Crippen LogP contribution >= 0.6 is 15.9 Å². The number of rotatable bonds is 3. The molecule has 2 N–H and O–H groups in total. The summed E-state index contributed by atoms with van der Waals surface area (Å²) in [4.78, 5) is 14.2. The van der Waals surface area contributed by atoms with Crippen LogP contribution in [0, 0.1) is 5.82 Å². The maximum atomic E-state index is 13.4. The minimum atomic E-state index is -0.415. The molecule has 0 aliphatic heterocycles. The zero-order valence-electron chi connectivity index (χ0n) is 9.15. The average Bonchev–Trinajstić information content (AvgIpc) is 2.85. The summed E-state index contributed by atoms with van der Waals surface area (Å²) in [5, 5.41) is 3.69. The van der Waals surface area contributed by atoms with Gasteiger partial charge in [0.1, 0.15) is 11.5 Å². The van der Waals surface area contributed by atoms with E-state index in [0.717, 1.165) is 0 Å². The van der Waals surface area contributed by atoms with Gasteiger partial charge < -0.3 is 4.98 Å². The van der Waals surface area contributed by atoms with Crippen molar-refractivity contribution in [1.29, 1.82) is 0 Å². The molecule has 2 aromatic rings. The molecule has 0 fully saturated rings. The number of hydrogen-bond donors (Lipinski definition) is 2. The predicted octanol–water partition coefficient (Wildman–Crippen LogP) is 2.68. The van der Waals surface area contributed by atoms with Crippen molar-refractivity contribution >= 4 is 28.1 Å². The van der Waals surface area contributed by atoms with E-state index >= 15 is 0 Å². The highest BCUT2D eigenvalue weighted by Gasteiger charge is 2.04. The maximum Gasteiger partial charge on any atom is 0.287 e. The minimum Gasteiger partial charge on any atom is -0.357 e. The summed E-state index contributed by atoms with van der Waals surface area (Å²) in [6.07, 6.45) is 2.88. The first kappa shape index (κ1) is 12.5. The SMILES string of the molecule is O=C(N/N=C\c1ccc(Br)cc1F)c1ccc[nH]1. The zero-order chi connectivity index (χ0) is 13.0. The number of carbonyl (C=O) groups excluding carboxylic acids is 1. The third-order valence-corrected chi connectivity index (χ3v) is 2.67. The van der Waals surface area contributed by atoms with Crippen molar-refractivity contribution in [2.24, 2.45) is 5.10 Å². The monoisotopic (exact) mass is 309 g/mol. The fraction of sp³-hybridized carbons (Fsp3) is 0. The summed E-state index contributed by atoms with van der Waals surface area (Å²) >= 11 is 3.16. The summed E-state index contributed by atoms with van der Waals surface area (Å²) in [5.74, 6) is -0.795. The van der Waals surface area contributed by atoms with Crippen LogP contribution in [0.15, 0.2) is 46.1 Å². The summed E-state index contributed by atoms with van der Waals surface area (Å²) in [6, 6.07) is 7.90. The molecule has 4 nitrogen and oxygen atoms in total.